The Kier molecular flexibility index (Phi) is 6.78. The average Bonchev–Trinajstić information content (AvgIpc) is 3.06. The van der Waals surface area contributed by atoms with E-state index in [1.54, 1.807) is 0 Å². The van der Waals surface area contributed by atoms with Gasteiger partial charge in [-0.2, -0.15) is 13.2 Å². The van der Waals surface area contributed by atoms with E-state index < -0.39 is 23.6 Å². The number of nitrogens with one attached hydrogen (secondary N) is 1. The fourth-order valence-corrected chi connectivity index (χ4v) is 3.61. The standard InChI is InChI=1S/C21H17F3N2O5S/c1-11(27)31-18-15(29-2)8-12(9-16(18)30-3)10-17-19(28)26-20(32-17)25-14-7-5-4-6-13(14)21(22,23)24/h4-10H,1-3H3,(H,25,26,28)/b17-10-. The summed E-state index contributed by atoms with van der Waals surface area (Å²) in [5.41, 5.74) is -0.738. The Bertz CT molecular complexity index is 1100. The van der Waals surface area contributed by atoms with Gasteiger partial charge < -0.3 is 19.5 Å². The zero-order valence-electron chi connectivity index (χ0n) is 17.1. The maximum atomic E-state index is 13.2. The molecule has 2 aromatic rings. The van der Waals surface area contributed by atoms with Crippen LogP contribution < -0.4 is 19.5 Å². The number of hydrogen-bond donors (Lipinski definition) is 1. The predicted octanol–water partition coefficient (Wildman–Crippen LogP) is 4.54. The first-order valence-electron chi connectivity index (χ1n) is 9.02. The minimum absolute atomic E-state index is 0.00779. The highest BCUT2D eigenvalue weighted by molar-refractivity contribution is 8.18. The largest absolute Gasteiger partial charge is 0.493 e. The van der Waals surface area contributed by atoms with E-state index in [4.69, 9.17) is 14.2 Å². The molecule has 0 bridgehead atoms. The molecule has 1 aliphatic rings. The molecule has 0 spiro atoms. The minimum Gasteiger partial charge on any atom is -0.493 e. The van der Waals surface area contributed by atoms with Crippen molar-refractivity contribution in [2.24, 2.45) is 4.99 Å². The van der Waals surface area contributed by atoms with Gasteiger partial charge in [0, 0.05) is 6.92 Å². The second-order valence-corrected chi connectivity index (χ2v) is 7.38. The van der Waals surface area contributed by atoms with Crippen LogP contribution in [0.2, 0.25) is 0 Å². The Morgan fingerprint density at radius 2 is 1.75 bits per heavy atom. The number of thioether (sulfide) groups is 1. The molecule has 0 aliphatic carbocycles. The number of carbonyl (C=O) groups is 2. The van der Waals surface area contributed by atoms with Gasteiger partial charge in [0.1, 0.15) is 0 Å². The summed E-state index contributed by atoms with van der Waals surface area (Å²) in [7, 11) is 2.75. The van der Waals surface area contributed by atoms with E-state index in [0.29, 0.717) is 5.56 Å². The normalized spacial score (nSPS) is 16.2. The molecule has 1 aliphatic heterocycles. The van der Waals surface area contributed by atoms with Crippen molar-refractivity contribution < 1.29 is 37.0 Å². The Morgan fingerprint density at radius 1 is 1.12 bits per heavy atom. The molecule has 168 valence electrons. The molecule has 0 atom stereocenters. The summed E-state index contributed by atoms with van der Waals surface area (Å²) >= 11 is 0.886. The third-order valence-electron chi connectivity index (χ3n) is 4.11. The lowest BCUT2D eigenvalue weighted by molar-refractivity contribution is -0.137. The van der Waals surface area contributed by atoms with E-state index in [1.165, 1.54) is 57.6 Å². The van der Waals surface area contributed by atoms with Crippen molar-refractivity contribution in [2.45, 2.75) is 13.1 Å². The van der Waals surface area contributed by atoms with Crippen molar-refractivity contribution in [3.05, 3.63) is 52.4 Å². The van der Waals surface area contributed by atoms with Gasteiger partial charge in [-0.1, -0.05) is 12.1 Å². The molecule has 0 aromatic heterocycles. The second-order valence-electron chi connectivity index (χ2n) is 6.34. The average molecular weight is 466 g/mol. The van der Waals surface area contributed by atoms with Crippen molar-refractivity contribution in [1.82, 2.24) is 5.32 Å². The molecule has 1 fully saturated rings. The number of amides is 1. The van der Waals surface area contributed by atoms with Gasteiger partial charge >= 0.3 is 12.1 Å². The lowest BCUT2D eigenvalue weighted by Gasteiger charge is -2.13. The number of amidine groups is 1. The highest BCUT2D eigenvalue weighted by Gasteiger charge is 2.34. The maximum absolute atomic E-state index is 13.2. The van der Waals surface area contributed by atoms with E-state index in [1.807, 2.05) is 0 Å². The Hall–Kier alpha value is -3.47. The molecule has 0 radical (unpaired) electrons. The van der Waals surface area contributed by atoms with Gasteiger partial charge in [-0.3, -0.25) is 9.59 Å². The lowest BCUT2D eigenvalue weighted by Crippen LogP contribution is -2.19. The maximum Gasteiger partial charge on any atom is 0.418 e. The summed E-state index contributed by atoms with van der Waals surface area (Å²) in [6, 6.07) is 7.87. The summed E-state index contributed by atoms with van der Waals surface area (Å²) in [4.78, 5) is 27.8. The first kappa shape index (κ1) is 23.2. The number of nitrogens with zero attached hydrogens (tertiary/aromatic N) is 1. The lowest BCUT2D eigenvalue weighted by atomic mass is 10.1. The number of methoxy groups -OCH3 is 2. The summed E-state index contributed by atoms with van der Waals surface area (Å²) in [6.07, 6.45) is -3.09. The molecule has 11 heteroatoms. The number of ether oxygens (including phenoxy) is 3. The van der Waals surface area contributed by atoms with Gasteiger partial charge in [0.05, 0.1) is 30.4 Å². The molecule has 1 saturated heterocycles. The van der Waals surface area contributed by atoms with Crippen LogP contribution >= 0.6 is 11.8 Å². The highest BCUT2D eigenvalue weighted by Crippen LogP contribution is 2.41. The molecule has 1 heterocycles. The number of carbonyl (C=O) groups excluding carboxylic acids is 2. The molecule has 1 N–H and O–H groups in total. The summed E-state index contributed by atoms with van der Waals surface area (Å²) in [5, 5.41) is 2.46. The number of rotatable bonds is 5. The molecule has 0 unspecified atom stereocenters. The van der Waals surface area contributed by atoms with Crippen molar-refractivity contribution in [3.8, 4) is 17.2 Å². The van der Waals surface area contributed by atoms with Crippen LogP contribution in [0.5, 0.6) is 17.2 Å². The van der Waals surface area contributed by atoms with E-state index in [0.717, 1.165) is 17.8 Å². The Labute approximate surface area is 185 Å². The number of esters is 1. The fourth-order valence-electron chi connectivity index (χ4n) is 2.78. The number of benzene rings is 2. The number of aliphatic imine (C=N–C) groups is 1. The third-order valence-corrected chi connectivity index (χ3v) is 5.02. The molecule has 32 heavy (non-hydrogen) atoms. The van der Waals surface area contributed by atoms with Gasteiger partial charge in [-0.05, 0) is 47.7 Å². The zero-order chi connectivity index (χ0) is 23.5. The fraction of sp³-hybridized carbons (Fsp3) is 0.190. The van der Waals surface area contributed by atoms with Gasteiger partial charge in [0.25, 0.3) is 5.91 Å². The number of alkyl halides is 3. The smallest absolute Gasteiger partial charge is 0.418 e. The minimum atomic E-state index is -4.58. The van der Waals surface area contributed by atoms with Gasteiger partial charge in [0.2, 0.25) is 5.75 Å². The van der Waals surface area contributed by atoms with Crippen LogP contribution in [0.15, 0.2) is 46.3 Å². The third kappa shape index (κ3) is 5.22. The Morgan fingerprint density at radius 3 is 2.31 bits per heavy atom. The molecular weight excluding hydrogens is 449 g/mol. The van der Waals surface area contributed by atoms with E-state index >= 15 is 0 Å². The highest BCUT2D eigenvalue weighted by atomic mass is 32.2. The Balaban J connectivity index is 1.94. The molecular formula is C21H17F3N2O5S. The van der Waals surface area contributed by atoms with Crippen LogP contribution in [-0.2, 0) is 15.8 Å². The van der Waals surface area contributed by atoms with Crippen LogP contribution in [-0.4, -0.2) is 31.3 Å². The van der Waals surface area contributed by atoms with E-state index in [-0.39, 0.29) is 33.0 Å². The van der Waals surface area contributed by atoms with Crippen molar-refractivity contribution >= 4 is 40.6 Å². The number of halogens is 3. The van der Waals surface area contributed by atoms with E-state index in [9.17, 15) is 22.8 Å². The van der Waals surface area contributed by atoms with Crippen LogP contribution in [0, 0.1) is 0 Å². The topological polar surface area (TPSA) is 86.2 Å². The first-order valence-corrected chi connectivity index (χ1v) is 9.84. The predicted molar refractivity (Wildman–Crippen MR) is 113 cm³/mol. The summed E-state index contributed by atoms with van der Waals surface area (Å²) < 4.78 is 55.2. The van der Waals surface area contributed by atoms with Crippen LogP contribution in [0.25, 0.3) is 6.08 Å². The summed E-state index contributed by atoms with van der Waals surface area (Å²) in [5.74, 6) is -0.622. The molecule has 1 amide bonds. The molecule has 0 saturated carbocycles. The zero-order valence-corrected chi connectivity index (χ0v) is 17.9. The van der Waals surface area contributed by atoms with Crippen LogP contribution in [0.3, 0.4) is 0 Å². The SMILES string of the molecule is COc1cc(/C=C2\SC(=Nc3ccccc3C(F)(F)F)NC2=O)cc(OC)c1OC(C)=O. The van der Waals surface area contributed by atoms with Crippen LogP contribution in [0.4, 0.5) is 18.9 Å². The number of hydrogen-bond acceptors (Lipinski definition) is 7. The van der Waals surface area contributed by atoms with Crippen molar-refractivity contribution in [3.63, 3.8) is 0 Å². The monoisotopic (exact) mass is 466 g/mol. The van der Waals surface area contributed by atoms with Crippen molar-refractivity contribution in [1.29, 1.82) is 0 Å². The van der Waals surface area contributed by atoms with Crippen molar-refractivity contribution in [2.75, 3.05) is 14.2 Å². The summed E-state index contributed by atoms with van der Waals surface area (Å²) in [6.45, 7) is 1.23. The molecule has 2 aromatic carbocycles. The molecule has 3 rings (SSSR count). The van der Waals surface area contributed by atoms with Gasteiger partial charge in [0.15, 0.2) is 16.7 Å². The number of para-hydroxylation sites is 1. The first-order chi connectivity index (χ1) is 15.1. The van der Waals surface area contributed by atoms with Crippen LogP contribution in [0.1, 0.15) is 18.1 Å². The van der Waals surface area contributed by atoms with Gasteiger partial charge in [-0.15, -0.1) is 0 Å². The second kappa shape index (κ2) is 9.35. The molecule has 7 nitrogen and oxygen atoms in total. The van der Waals surface area contributed by atoms with E-state index in [2.05, 4.69) is 10.3 Å². The quantitative estimate of drug-likeness (QED) is 0.396. The van der Waals surface area contributed by atoms with Gasteiger partial charge in [-0.25, -0.2) is 4.99 Å².